The molecule has 0 aliphatic carbocycles. The number of nitrogens with zero attached hydrogens (tertiary/aromatic N) is 4. The largest absolute Gasteiger partial charge is 0.341 e. The molecule has 0 spiro atoms. The number of likely N-dealkylation sites (tertiary alicyclic amines) is 1. The average molecular weight is 375 g/mol. The first kappa shape index (κ1) is 18.6. The third kappa shape index (κ3) is 3.39. The summed E-state index contributed by atoms with van der Waals surface area (Å²) in [6.07, 6.45) is 0.497. The van der Waals surface area contributed by atoms with Crippen LogP contribution in [0.4, 0.5) is 0 Å². The summed E-state index contributed by atoms with van der Waals surface area (Å²) < 4.78 is 1.58. The smallest absolute Gasteiger partial charge is 0.272 e. The molecule has 3 heterocycles. The number of nitrogens with two attached hydrogens (primary N) is 1. The Morgan fingerprint density at radius 3 is 2.73 bits per heavy atom. The number of carbonyl (C=O) groups is 2. The van der Waals surface area contributed by atoms with Crippen LogP contribution >= 0.6 is 11.3 Å². The van der Waals surface area contributed by atoms with E-state index >= 15 is 0 Å². The van der Waals surface area contributed by atoms with Gasteiger partial charge in [0.25, 0.3) is 5.91 Å². The maximum absolute atomic E-state index is 13.2. The van der Waals surface area contributed by atoms with Crippen LogP contribution in [0.25, 0.3) is 10.6 Å². The fraction of sp³-hybridized carbons (Fsp3) is 0.500. The predicted molar refractivity (Wildman–Crippen MR) is 102 cm³/mol. The van der Waals surface area contributed by atoms with Gasteiger partial charge < -0.3 is 15.5 Å². The summed E-state index contributed by atoms with van der Waals surface area (Å²) in [5.41, 5.74) is 7.32. The van der Waals surface area contributed by atoms with Crippen molar-refractivity contribution in [2.24, 2.45) is 12.8 Å². The lowest BCUT2D eigenvalue weighted by Crippen LogP contribution is -2.48. The molecule has 8 heteroatoms. The number of hydrogen-bond acceptors (Lipinski definition) is 5. The van der Waals surface area contributed by atoms with Gasteiger partial charge in [0.2, 0.25) is 5.91 Å². The lowest BCUT2D eigenvalue weighted by atomic mass is 10.1. The van der Waals surface area contributed by atoms with Gasteiger partial charge in [-0.2, -0.15) is 5.10 Å². The second kappa shape index (κ2) is 7.59. The SMILES string of the molecule is CCN(CC)C(=O)[C@@H]1C[C@@H](N)CN1C(=O)c1cc(-c2cccs2)nn1C. The highest BCUT2D eigenvalue weighted by molar-refractivity contribution is 7.13. The third-order valence-electron chi connectivity index (χ3n) is 4.83. The van der Waals surface area contributed by atoms with Gasteiger partial charge >= 0.3 is 0 Å². The third-order valence-corrected chi connectivity index (χ3v) is 5.72. The second-order valence-electron chi connectivity index (χ2n) is 6.50. The highest BCUT2D eigenvalue weighted by atomic mass is 32.1. The van der Waals surface area contributed by atoms with Crippen molar-refractivity contribution in [2.45, 2.75) is 32.4 Å². The molecule has 3 rings (SSSR count). The van der Waals surface area contributed by atoms with Crippen molar-refractivity contribution in [1.82, 2.24) is 19.6 Å². The molecule has 1 aliphatic rings. The van der Waals surface area contributed by atoms with Gasteiger partial charge in [-0.25, -0.2) is 0 Å². The first-order valence-electron chi connectivity index (χ1n) is 8.89. The summed E-state index contributed by atoms with van der Waals surface area (Å²) in [4.78, 5) is 30.4. The number of amides is 2. The van der Waals surface area contributed by atoms with E-state index in [1.54, 1.807) is 38.9 Å². The van der Waals surface area contributed by atoms with E-state index in [1.807, 2.05) is 31.4 Å². The molecular formula is C18H25N5O2S. The molecule has 2 aromatic rings. The van der Waals surface area contributed by atoms with E-state index in [0.29, 0.717) is 31.7 Å². The number of thiophene rings is 1. The van der Waals surface area contributed by atoms with Gasteiger partial charge in [0.15, 0.2) is 0 Å². The van der Waals surface area contributed by atoms with Crippen LogP contribution in [0.5, 0.6) is 0 Å². The van der Waals surface area contributed by atoms with Crippen molar-refractivity contribution >= 4 is 23.2 Å². The van der Waals surface area contributed by atoms with Crippen molar-refractivity contribution in [3.63, 3.8) is 0 Å². The summed E-state index contributed by atoms with van der Waals surface area (Å²) in [6.45, 7) is 5.51. The van der Waals surface area contributed by atoms with E-state index in [4.69, 9.17) is 5.73 Å². The number of likely N-dealkylation sites (N-methyl/N-ethyl adjacent to an activating group) is 1. The van der Waals surface area contributed by atoms with Crippen molar-refractivity contribution in [3.8, 4) is 10.6 Å². The fourth-order valence-corrected chi connectivity index (χ4v) is 4.11. The Morgan fingerprint density at radius 2 is 2.12 bits per heavy atom. The standard InChI is InChI=1S/C18H25N5O2S/c1-4-22(5-2)17(24)15-9-12(19)11-23(15)18(25)14-10-13(20-21(14)3)16-7-6-8-26-16/h6-8,10,12,15H,4-5,9,11,19H2,1-3H3/t12-,15+/m1/s1. The Hall–Kier alpha value is -2.19. The molecule has 1 fully saturated rings. The Kier molecular flexibility index (Phi) is 5.43. The first-order valence-corrected chi connectivity index (χ1v) is 9.77. The molecule has 0 bridgehead atoms. The van der Waals surface area contributed by atoms with Crippen molar-refractivity contribution in [2.75, 3.05) is 19.6 Å². The number of rotatable bonds is 5. The minimum Gasteiger partial charge on any atom is -0.341 e. The van der Waals surface area contributed by atoms with Crippen LogP contribution < -0.4 is 5.73 Å². The number of carbonyl (C=O) groups excluding carboxylic acids is 2. The van der Waals surface area contributed by atoms with Crippen LogP contribution in [0.3, 0.4) is 0 Å². The monoisotopic (exact) mass is 375 g/mol. The molecular weight excluding hydrogens is 350 g/mol. The normalized spacial score (nSPS) is 19.8. The summed E-state index contributed by atoms with van der Waals surface area (Å²) >= 11 is 1.58. The summed E-state index contributed by atoms with van der Waals surface area (Å²) in [5, 5.41) is 6.43. The molecule has 2 N–H and O–H groups in total. The van der Waals surface area contributed by atoms with E-state index in [2.05, 4.69) is 5.10 Å². The molecule has 1 saturated heterocycles. The Labute approximate surface area is 157 Å². The maximum Gasteiger partial charge on any atom is 0.272 e. The van der Waals surface area contributed by atoms with Gasteiger partial charge in [-0.05, 0) is 37.8 Å². The Bertz CT molecular complexity index is 782. The minimum absolute atomic E-state index is 0.0306. The van der Waals surface area contributed by atoms with Gasteiger partial charge in [0.1, 0.15) is 17.4 Å². The van der Waals surface area contributed by atoms with E-state index in [-0.39, 0.29) is 17.9 Å². The molecule has 2 aromatic heterocycles. The Balaban J connectivity index is 1.87. The van der Waals surface area contributed by atoms with Gasteiger partial charge in [0, 0.05) is 32.7 Å². The van der Waals surface area contributed by atoms with Gasteiger partial charge in [0.05, 0.1) is 4.88 Å². The molecule has 0 aromatic carbocycles. The molecule has 1 aliphatic heterocycles. The minimum atomic E-state index is -0.502. The maximum atomic E-state index is 13.2. The Morgan fingerprint density at radius 1 is 1.38 bits per heavy atom. The van der Waals surface area contributed by atoms with Gasteiger partial charge in [-0.15, -0.1) is 11.3 Å². The molecule has 0 unspecified atom stereocenters. The quantitative estimate of drug-likeness (QED) is 0.859. The van der Waals surface area contributed by atoms with Crippen LogP contribution in [-0.4, -0.2) is 63.1 Å². The van der Waals surface area contributed by atoms with E-state index < -0.39 is 6.04 Å². The highest BCUT2D eigenvalue weighted by Crippen LogP contribution is 2.26. The topological polar surface area (TPSA) is 84.5 Å². The molecule has 0 radical (unpaired) electrons. The van der Waals surface area contributed by atoms with Crippen molar-refractivity contribution in [3.05, 3.63) is 29.3 Å². The van der Waals surface area contributed by atoms with E-state index in [9.17, 15) is 9.59 Å². The predicted octanol–water partition coefficient (Wildman–Crippen LogP) is 1.56. The van der Waals surface area contributed by atoms with Crippen LogP contribution in [0, 0.1) is 0 Å². The van der Waals surface area contributed by atoms with Crippen LogP contribution in [0.15, 0.2) is 23.6 Å². The summed E-state index contributed by atoms with van der Waals surface area (Å²) in [6, 6.07) is 5.02. The molecule has 26 heavy (non-hydrogen) atoms. The van der Waals surface area contributed by atoms with Crippen molar-refractivity contribution in [1.29, 1.82) is 0 Å². The zero-order valence-electron chi connectivity index (χ0n) is 15.4. The first-order chi connectivity index (χ1) is 12.5. The number of aromatic nitrogens is 2. The second-order valence-corrected chi connectivity index (χ2v) is 7.44. The zero-order valence-corrected chi connectivity index (χ0v) is 16.2. The van der Waals surface area contributed by atoms with Gasteiger partial charge in [-0.1, -0.05) is 6.07 Å². The van der Waals surface area contributed by atoms with Gasteiger partial charge in [-0.3, -0.25) is 14.3 Å². The number of aryl methyl sites for hydroxylation is 1. The van der Waals surface area contributed by atoms with Crippen LogP contribution in [-0.2, 0) is 11.8 Å². The van der Waals surface area contributed by atoms with Crippen LogP contribution in [0.2, 0.25) is 0 Å². The average Bonchev–Trinajstić information content (AvgIpc) is 3.34. The highest BCUT2D eigenvalue weighted by Gasteiger charge is 2.40. The lowest BCUT2D eigenvalue weighted by molar-refractivity contribution is -0.134. The van der Waals surface area contributed by atoms with E-state index in [0.717, 1.165) is 10.6 Å². The lowest BCUT2D eigenvalue weighted by Gasteiger charge is -2.28. The molecule has 2 amide bonds. The number of hydrogen-bond donors (Lipinski definition) is 1. The molecule has 140 valence electrons. The fourth-order valence-electron chi connectivity index (χ4n) is 3.43. The van der Waals surface area contributed by atoms with Crippen molar-refractivity contribution < 1.29 is 9.59 Å². The van der Waals surface area contributed by atoms with E-state index in [1.165, 1.54) is 0 Å². The molecule has 0 saturated carbocycles. The van der Waals surface area contributed by atoms with Crippen LogP contribution in [0.1, 0.15) is 30.8 Å². The zero-order chi connectivity index (χ0) is 18.8. The molecule has 7 nitrogen and oxygen atoms in total. The summed E-state index contributed by atoms with van der Waals surface area (Å²) in [5.74, 6) is -0.224. The summed E-state index contributed by atoms with van der Waals surface area (Å²) in [7, 11) is 1.75. The molecule has 2 atom stereocenters.